The minimum atomic E-state index is -0.0195. The van der Waals surface area contributed by atoms with Gasteiger partial charge in [0.05, 0.1) is 6.61 Å². The van der Waals surface area contributed by atoms with Gasteiger partial charge in [0, 0.05) is 6.42 Å². The van der Waals surface area contributed by atoms with Crippen LogP contribution < -0.4 is 0 Å². The van der Waals surface area contributed by atoms with Crippen LogP contribution in [0.25, 0.3) is 0 Å². The first-order chi connectivity index (χ1) is 6.13. The van der Waals surface area contributed by atoms with Crippen LogP contribution in [0.15, 0.2) is 0 Å². The SMILES string of the molecule is CCC1CC(C)CC(=O)OCC1C. The molecule has 3 unspecified atom stereocenters. The molecule has 13 heavy (non-hydrogen) atoms. The molecule has 0 radical (unpaired) electrons. The number of rotatable bonds is 1. The second-order valence-electron chi connectivity index (χ2n) is 4.37. The van der Waals surface area contributed by atoms with Crippen LogP contribution in [0.4, 0.5) is 0 Å². The summed E-state index contributed by atoms with van der Waals surface area (Å²) in [5.41, 5.74) is 0. The minimum absolute atomic E-state index is 0.0195. The zero-order chi connectivity index (χ0) is 9.84. The topological polar surface area (TPSA) is 26.3 Å². The van der Waals surface area contributed by atoms with Gasteiger partial charge >= 0.3 is 5.97 Å². The lowest BCUT2D eigenvalue weighted by Gasteiger charge is -2.28. The van der Waals surface area contributed by atoms with Gasteiger partial charge in [-0.25, -0.2) is 0 Å². The molecule has 76 valence electrons. The maximum absolute atomic E-state index is 11.2. The first-order valence-corrected chi connectivity index (χ1v) is 5.29. The van der Waals surface area contributed by atoms with Gasteiger partial charge in [-0.3, -0.25) is 4.79 Å². The molecule has 2 heteroatoms. The molecule has 0 aliphatic carbocycles. The van der Waals surface area contributed by atoms with E-state index in [-0.39, 0.29) is 5.97 Å². The summed E-state index contributed by atoms with van der Waals surface area (Å²) in [6.07, 6.45) is 2.97. The largest absolute Gasteiger partial charge is 0.465 e. The van der Waals surface area contributed by atoms with Gasteiger partial charge in [0.2, 0.25) is 0 Å². The van der Waals surface area contributed by atoms with Crippen molar-refractivity contribution in [1.29, 1.82) is 0 Å². The van der Waals surface area contributed by atoms with Gasteiger partial charge < -0.3 is 4.74 Å². The van der Waals surface area contributed by atoms with Crippen molar-refractivity contribution in [3.05, 3.63) is 0 Å². The number of carbonyl (C=O) groups excluding carboxylic acids is 1. The molecular weight excluding hydrogens is 164 g/mol. The van der Waals surface area contributed by atoms with Crippen LogP contribution in [-0.4, -0.2) is 12.6 Å². The molecule has 0 aromatic carbocycles. The number of ether oxygens (including phenoxy) is 1. The first kappa shape index (κ1) is 10.6. The lowest BCUT2D eigenvalue weighted by molar-refractivity contribution is -0.148. The Kier molecular flexibility index (Phi) is 3.76. The highest BCUT2D eigenvalue weighted by Crippen LogP contribution is 2.28. The number of cyclic esters (lactones) is 1. The Bertz CT molecular complexity index is 177. The fraction of sp³-hybridized carbons (Fsp3) is 0.909. The predicted octanol–water partition coefficient (Wildman–Crippen LogP) is 2.62. The molecule has 0 saturated carbocycles. The van der Waals surface area contributed by atoms with Gasteiger partial charge in [-0.2, -0.15) is 0 Å². The van der Waals surface area contributed by atoms with Gasteiger partial charge in [0.1, 0.15) is 0 Å². The summed E-state index contributed by atoms with van der Waals surface area (Å²) in [6.45, 7) is 7.16. The van der Waals surface area contributed by atoms with Crippen LogP contribution in [0.1, 0.15) is 40.0 Å². The van der Waals surface area contributed by atoms with E-state index in [9.17, 15) is 4.79 Å². The Morgan fingerprint density at radius 2 is 2.15 bits per heavy atom. The van der Waals surface area contributed by atoms with E-state index in [1.807, 2.05) is 0 Å². The molecule has 0 N–H and O–H groups in total. The fourth-order valence-corrected chi connectivity index (χ4v) is 2.11. The van der Waals surface area contributed by atoms with Crippen LogP contribution in [0, 0.1) is 17.8 Å². The molecule has 0 bridgehead atoms. The van der Waals surface area contributed by atoms with Crippen molar-refractivity contribution in [2.45, 2.75) is 40.0 Å². The van der Waals surface area contributed by atoms with Crippen LogP contribution >= 0.6 is 0 Å². The zero-order valence-electron chi connectivity index (χ0n) is 8.88. The molecule has 0 spiro atoms. The highest BCUT2D eigenvalue weighted by atomic mass is 16.5. The van der Waals surface area contributed by atoms with E-state index < -0.39 is 0 Å². The molecule has 0 aromatic rings. The Morgan fingerprint density at radius 3 is 2.77 bits per heavy atom. The molecule has 1 saturated heterocycles. The van der Waals surface area contributed by atoms with Crippen molar-refractivity contribution < 1.29 is 9.53 Å². The highest BCUT2D eigenvalue weighted by molar-refractivity contribution is 5.69. The lowest BCUT2D eigenvalue weighted by Crippen LogP contribution is -2.25. The Balaban J connectivity index is 2.55. The van der Waals surface area contributed by atoms with Crippen LogP contribution in [0.2, 0.25) is 0 Å². The van der Waals surface area contributed by atoms with E-state index in [1.165, 1.54) is 12.8 Å². The lowest BCUT2D eigenvalue weighted by atomic mass is 9.83. The van der Waals surface area contributed by atoms with Gasteiger partial charge in [-0.15, -0.1) is 0 Å². The maximum Gasteiger partial charge on any atom is 0.306 e. The summed E-state index contributed by atoms with van der Waals surface area (Å²) in [4.78, 5) is 11.2. The second-order valence-corrected chi connectivity index (χ2v) is 4.37. The van der Waals surface area contributed by atoms with E-state index >= 15 is 0 Å². The second kappa shape index (κ2) is 4.64. The van der Waals surface area contributed by atoms with Crippen molar-refractivity contribution in [3.63, 3.8) is 0 Å². The molecule has 1 aliphatic heterocycles. The molecular formula is C11H20O2. The van der Waals surface area contributed by atoms with Gasteiger partial charge in [0.25, 0.3) is 0 Å². The summed E-state index contributed by atoms with van der Waals surface area (Å²) in [7, 11) is 0. The third-order valence-electron chi connectivity index (χ3n) is 3.06. The maximum atomic E-state index is 11.2. The van der Waals surface area contributed by atoms with Crippen LogP contribution in [0.5, 0.6) is 0 Å². The van der Waals surface area contributed by atoms with Crippen molar-refractivity contribution in [3.8, 4) is 0 Å². The number of esters is 1. The number of hydrogen-bond donors (Lipinski definition) is 0. The smallest absolute Gasteiger partial charge is 0.306 e. The van der Waals surface area contributed by atoms with Crippen molar-refractivity contribution in [2.24, 2.45) is 17.8 Å². The van der Waals surface area contributed by atoms with E-state index in [0.29, 0.717) is 24.9 Å². The standard InChI is InChI=1S/C11H20O2/c1-4-10-5-8(2)6-11(12)13-7-9(10)3/h8-10H,4-7H2,1-3H3. The molecule has 1 fully saturated rings. The Morgan fingerprint density at radius 1 is 1.46 bits per heavy atom. The summed E-state index contributed by atoms with van der Waals surface area (Å²) >= 11 is 0. The number of carbonyl (C=O) groups is 1. The van der Waals surface area contributed by atoms with E-state index in [2.05, 4.69) is 20.8 Å². The van der Waals surface area contributed by atoms with Crippen LogP contribution in [-0.2, 0) is 9.53 Å². The van der Waals surface area contributed by atoms with E-state index in [0.717, 1.165) is 5.92 Å². The van der Waals surface area contributed by atoms with Gasteiger partial charge in [-0.1, -0.05) is 27.2 Å². The van der Waals surface area contributed by atoms with E-state index in [1.54, 1.807) is 0 Å². The van der Waals surface area contributed by atoms with Gasteiger partial charge in [-0.05, 0) is 24.2 Å². The molecule has 2 nitrogen and oxygen atoms in total. The molecule has 0 amide bonds. The highest BCUT2D eigenvalue weighted by Gasteiger charge is 2.24. The predicted molar refractivity (Wildman–Crippen MR) is 52.3 cm³/mol. The monoisotopic (exact) mass is 184 g/mol. The molecule has 3 atom stereocenters. The first-order valence-electron chi connectivity index (χ1n) is 5.29. The quantitative estimate of drug-likeness (QED) is 0.585. The fourth-order valence-electron chi connectivity index (χ4n) is 2.11. The van der Waals surface area contributed by atoms with E-state index in [4.69, 9.17) is 4.74 Å². The van der Waals surface area contributed by atoms with Crippen molar-refractivity contribution in [1.82, 2.24) is 0 Å². The zero-order valence-corrected chi connectivity index (χ0v) is 8.88. The van der Waals surface area contributed by atoms with Crippen LogP contribution in [0.3, 0.4) is 0 Å². The summed E-state index contributed by atoms with van der Waals surface area (Å²) in [5.74, 6) is 1.72. The Hall–Kier alpha value is -0.530. The third-order valence-corrected chi connectivity index (χ3v) is 3.06. The Labute approximate surface area is 80.7 Å². The normalized spacial score (nSPS) is 36.2. The van der Waals surface area contributed by atoms with Crippen molar-refractivity contribution in [2.75, 3.05) is 6.61 Å². The van der Waals surface area contributed by atoms with Gasteiger partial charge in [0.15, 0.2) is 0 Å². The molecule has 1 heterocycles. The molecule has 1 rings (SSSR count). The molecule has 1 aliphatic rings. The summed E-state index contributed by atoms with van der Waals surface area (Å²) in [5, 5.41) is 0. The average molecular weight is 184 g/mol. The minimum Gasteiger partial charge on any atom is -0.465 e. The summed E-state index contributed by atoms with van der Waals surface area (Å²) in [6, 6.07) is 0. The number of hydrogen-bond acceptors (Lipinski definition) is 2. The third kappa shape index (κ3) is 3.02. The van der Waals surface area contributed by atoms with Crippen molar-refractivity contribution >= 4 is 5.97 Å². The molecule has 0 aromatic heterocycles. The average Bonchev–Trinajstić information content (AvgIpc) is 2.08. The summed E-state index contributed by atoms with van der Waals surface area (Å²) < 4.78 is 5.16.